The van der Waals surface area contributed by atoms with E-state index in [1.165, 1.54) is 0 Å². The van der Waals surface area contributed by atoms with E-state index in [4.69, 9.17) is 24.3 Å². The van der Waals surface area contributed by atoms with Crippen molar-refractivity contribution in [3.05, 3.63) is 106 Å². The predicted octanol–water partition coefficient (Wildman–Crippen LogP) is 3.50. The molecule has 0 saturated carbocycles. The van der Waals surface area contributed by atoms with E-state index in [0.717, 1.165) is 22.3 Å². The third kappa shape index (κ3) is 4.85. The average molecular weight is 449 g/mol. The summed E-state index contributed by atoms with van der Waals surface area (Å²) in [6.45, 7) is 3.93. The number of hydrogen-bond donors (Lipinski definition) is 2. The van der Waals surface area contributed by atoms with E-state index in [-0.39, 0.29) is 24.0 Å². The van der Waals surface area contributed by atoms with E-state index < -0.39 is 22.6 Å². The number of benzene rings is 3. The van der Waals surface area contributed by atoms with Crippen molar-refractivity contribution in [2.24, 2.45) is 11.5 Å². The number of carbonyl (C=O) groups is 2. The van der Waals surface area contributed by atoms with Crippen molar-refractivity contribution >= 4 is 11.6 Å². The molecule has 0 aliphatic heterocycles. The molecular formula is C30H28N2O2. The molecule has 0 spiro atoms. The van der Waals surface area contributed by atoms with Crippen LogP contribution in [0, 0.1) is 38.5 Å². The molecule has 0 aliphatic carbocycles. The maximum atomic E-state index is 13.4. The number of aryl methyl sites for hydroxylation is 2. The molecule has 3 aromatic rings. The van der Waals surface area contributed by atoms with Gasteiger partial charge in [0, 0.05) is 12.8 Å². The zero-order chi connectivity index (χ0) is 24.9. The lowest BCUT2D eigenvalue weighted by molar-refractivity contribution is -0.123. The van der Waals surface area contributed by atoms with Gasteiger partial charge in [-0.2, -0.15) is 0 Å². The molecule has 4 N–H and O–H groups in total. The third-order valence-electron chi connectivity index (χ3n) is 6.08. The van der Waals surface area contributed by atoms with Crippen LogP contribution in [0.1, 0.15) is 33.4 Å². The maximum Gasteiger partial charge on any atom is 0.173 e. The fourth-order valence-corrected chi connectivity index (χ4v) is 3.85. The standard InChI is InChI=1S/C30H28N2O2/c1-5-29(31,27(33)19-23-15-11-21(3)12-16-23)25-9-7-8-10-26(25)30(32,6-2)28(34)20-24-17-13-22(4)14-18-24/h1-2,7-18H,19-20,31-32H2,3-4H3. The van der Waals surface area contributed by atoms with Crippen LogP contribution >= 0.6 is 0 Å². The summed E-state index contributed by atoms with van der Waals surface area (Å²) in [6, 6.07) is 21.7. The lowest BCUT2D eigenvalue weighted by Gasteiger charge is -2.31. The molecule has 2 atom stereocenters. The Morgan fingerprint density at radius 1 is 0.676 bits per heavy atom. The first-order valence-electron chi connectivity index (χ1n) is 10.9. The second kappa shape index (κ2) is 9.89. The van der Waals surface area contributed by atoms with Gasteiger partial charge in [-0.15, -0.1) is 12.8 Å². The van der Waals surface area contributed by atoms with Gasteiger partial charge in [-0.1, -0.05) is 95.8 Å². The second-order valence-corrected chi connectivity index (χ2v) is 8.62. The molecular weight excluding hydrogens is 420 g/mol. The largest absolute Gasteiger partial charge is 0.305 e. The highest BCUT2D eigenvalue weighted by atomic mass is 16.1. The number of Topliss-reactive ketones (excluding diaryl/α,β-unsaturated/α-hetero) is 2. The van der Waals surface area contributed by atoms with Crippen molar-refractivity contribution in [1.82, 2.24) is 0 Å². The zero-order valence-corrected chi connectivity index (χ0v) is 19.5. The van der Waals surface area contributed by atoms with Crippen LogP contribution in [0.3, 0.4) is 0 Å². The molecule has 34 heavy (non-hydrogen) atoms. The van der Waals surface area contributed by atoms with E-state index in [0.29, 0.717) is 0 Å². The fraction of sp³-hybridized carbons (Fsp3) is 0.200. The molecule has 2 unspecified atom stereocenters. The van der Waals surface area contributed by atoms with Crippen molar-refractivity contribution in [3.8, 4) is 24.7 Å². The number of rotatable bonds is 8. The van der Waals surface area contributed by atoms with Crippen LogP contribution in [0.25, 0.3) is 0 Å². The lowest BCUT2D eigenvalue weighted by Crippen LogP contribution is -2.50. The summed E-state index contributed by atoms with van der Waals surface area (Å²) in [5.74, 6) is 4.12. The van der Waals surface area contributed by atoms with Crippen LogP contribution in [0.2, 0.25) is 0 Å². The monoisotopic (exact) mass is 448 g/mol. The van der Waals surface area contributed by atoms with Crippen LogP contribution in [-0.2, 0) is 33.5 Å². The summed E-state index contributed by atoms with van der Waals surface area (Å²) in [4.78, 5) is 26.7. The Morgan fingerprint density at radius 3 is 1.29 bits per heavy atom. The Morgan fingerprint density at radius 2 is 1.00 bits per heavy atom. The molecule has 0 radical (unpaired) electrons. The summed E-state index contributed by atoms with van der Waals surface area (Å²) < 4.78 is 0. The average Bonchev–Trinajstić information content (AvgIpc) is 2.85. The summed E-state index contributed by atoms with van der Waals surface area (Å²) in [5, 5.41) is 0. The Hall–Kier alpha value is -3.96. The summed E-state index contributed by atoms with van der Waals surface area (Å²) >= 11 is 0. The molecule has 0 saturated heterocycles. The molecule has 0 fully saturated rings. The van der Waals surface area contributed by atoms with E-state index >= 15 is 0 Å². The molecule has 4 heteroatoms. The highest BCUT2D eigenvalue weighted by Gasteiger charge is 2.42. The zero-order valence-electron chi connectivity index (χ0n) is 19.5. The van der Waals surface area contributed by atoms with Crippen molar-refractivity contribution in [1.29, 1.82) is 0 Å². The molecule has 0 heterocycles. The smallest absolute Gasteiger partial charge is 0.173 e. The van der Waals surface area contributed by atoms with Crippen LogP contribution in [0.4, 0.5) is 0 Å². The molecule has 0 amide bonds. The molecule has 170 valence electrons. The third-order valence-corrected chi connectivity index (χ3v) is 6.08. The minimum absolute atomic E-state index is 0.0280. The van der Waals surface area contributed by atoms with Gasteiger partial charge in [0.05, 0.1) is 0 Å². The second-order valence-electron chi connectivity index (χ2n) is 8.62. The van der Waals surface area contributed by atoms with Gasteiger partial charge in [0.15, 0.2) is 22.6 Å². The minimum atomic E-state index is -1.81. The van der Waals surface area contributed by atoms with E-state index in [1.54, 1.807) is 24.3 Å². The van der Waals surface area contributed by atoms with Gasteiger partial charge < -0.3 is 11.5 Å². The van der Waals surface area contributed by atoms with Gasteiger partial charge in [0.25, 0.3) is 0 Å². The lowest BCUT2D eigenvalue weighted by atomic mass is 9.75. The van der Waals surface area contributed by atoms with Crippen molar-refractivity contribution in [3.63, 3.8) is 0 Å². The van der Waals surface area contributed by atoms with Gasteiger partial charge in [0.2, 0.25) is 0 Å². The first-order valence-corrected chi connectivity index (χ1v) is 10.9. The number of carbonyl (C=O) groups excluding carboxylic acids is 2. The summed E-state index contributed by atoms with van der Waals surface area (Å²) in [5.41, 5.74) is 13.7. The number of ketones is 2. The van der Waals surface area contributed by atoms with Crippen LogP contribution in [0.15, 0.2) is 72.8 Å². The fourth-order valence-electron chi connectivity index (χ4n) is 3.85. The molecule has 0 aliphatic rings. The first kappa shape index (κ1) is 24.7. The van der Waals surface area contributed by atoms with Gasteiger partial charge >= 0.3 is 0 Å². The molecule has 0 aromatic heterocycles. The van der Waals surface area contributed by atoms with Crippen molar-refractivity contribution in [2.75, 3.05) is 0 Å². The quantitative estimate of drug-likeness (QED) is 0.517. The number of terminal acetylenes is 2. The normalized spacial score (nSPS) is 14.2. The van der Waals surface area contributed by atoms with Crippen molar-refractivity contribution in [2.45, 2.75) is 37.8 Å². The van der Waals surface area contributed by atoms with Crippen LogP contribution in [0.5, 0.6) is 0 Å². The Labute approximate surface area is 201 Å². The van der Waals surface area contributed by atoms with Gasteiger partial charge in [0.1, 0.15) is 0 Å². The van der Waals surface area contributed by atoms with Crippen LogP contribution in [-0.4, -0.2) is 11.6 Å². The summed E-state index contributed by atoms with van der Waals surface area (Å²) in [6.07, 6.45) is 11.7. The number of nitrogens with two attached hydrogens (primary N) is 2. The highest BCUT2D eigenvalue weighted by molar-refractivity contribution is 5.98. The van der Waals surface area contributed by atoms with E-state index in [2.05, 4.69) is 11.8 Å². The number of hydrogen-bond acceptors (Lipinski definition) is 4. The van der Waals surface area contributed by atoms with Crippen LogP contribution < -0.4 is 11.5 Å². The van der Waals surface area contributed by atoms with Gasteiger partial charge in [-0.25, -0.2) is 0 Å². The topological polar surface area (TPSA) is 86.2 Å². The highest BCUT2D eigenvalue weighted by Crippen LogP contribution is 2.32. The van der Waals surface area contributed by atoms with E-state index in [9.17, 15) is 9.59 Å². The molecule has 3 aromatic carbocycles. The van der Waals surface area contributed by atoms with Gasteiger partial charge in [-0.3, -0.25) is 9.59 Å². The van der Waals surface area contributed by atoms with Crippen molar-refractivity contribution < 1.29 is 9.59 Å². The Bertz CT molecular complexity index is 1190. The summed E-state index contributed by atoms with van der Waals surface area (Å²) in [7, 11) is 0. The maximum absolute atomic E-state index is 13.4. The van der Waals surface area contributed by atoms with E-state index in [1.807, 2.05) is 62.4 Å². The Kier molecular flexibility index (Phi) is 7.18. The predicted molar refractivity (Wildman–Crippen MR) is 136 cm³/mol. The molecule has 3 rings (SSSR count). The first-order chi connectivity index (χ1) is 16.1. The molecule has 4 nitrogen and oxygen atoms in total. The minimum Gasteiger partial charge on any atom is -0.305 e. The Balaban J connectivity index is 2.01. The SMILES string of the molecule is C#CC(N)(C(=O)Cc1ccc(C)cc1)c1ccccc1C(N)(C#C)C(=O)Cc1ccc(C)cc1. The molecule has 0 bridgehead atoms. The van der Waals surface area contributed by atoms with Gasteiger partial charge in [-0.05, 0) is 36.1 Å².